The molecule has 1 rings (SSSR count). The van der Waals surface area contributed by atoms with Crippen LogP contribution in [0.2, 0.25) is 0 Å². The van der Waals surface area contributed by atoms with Crippen molar-refractivity contribution >= 4 is 0 Å². The van der Waals surface area contributed by atoms with Gasteiger partial charge in [-0.25, -0.2) is 0 Å². The summed E-state index contributed by atoms with van der Waals surface area (Å²) in [6.07, 6.45) is 0.465. The number of benzene rings is 1. The number of aryl methyl sites for hydroxylation is 1. The van der Waals surface area contributed by atoms with Crippen molar-refractivity contribution < 1.29 is 5.11 Å². The largest absolute Gasteiger partial charge is 0.388 e. The summed E-state index contributed by atoms with van der Waals surface area (Å²) in [6.45, 7) is 6.14. The fourth-order valence-corrected chi connectivity index (χ4v) is 1.54. The molecular weight excluding hydrogens is 186 g/mol. The van der Waals surface area contributed by atoms with E-state index in [0.29, 0.717) is 0 Å². The Balaban J connectivity index is 2.50. The lowest BCUT2D eigenvalue weighted by atomic mass is 10.0. The van der Waals surface area contributed by atoms with Gasteiger partial charge >= 0.3 is 0 Å². The van der Waals surface area contributed by atoms with E-state index < -0.39 is 0 Å². The smallest absolute Gasteiger partial charge is 0.0802 e. The van der Waals surface area contributed by atoms with Crippen molar-refractivity contribution in [1.29, 1.82) is 0 Å². The maximum Gasteiger partial charge on any atom is 0.0802 e. The maximum atomic E-state index is 9.96. The number of aliphatic hydroxyl groups excluding tert-OH is 1. The molecule has 1 N–H and O–H groups in total. The van der Waals surface area contributed by atoms with Crippen LogP contribution in [0.4, 0.5) is 0 Å². The van der Waals surface area contributed by atoms with Gasteiger partial charge in [-0.3, -0.25) is 0 Å². The molecule has 0 aliphatic heterocycles. The Morgan fingerprint density at radius 3 is 2.73 bits per heavy atom. The molecule has 1 aromatic rings. The van der Waals surface area contributed by atoms with Gasteiger partial charge in [-0.2, -0.15) is 0 Å². The summed E-state index contributed by atoms with van der Waals surface area (Å²) in [6, 6.07) is 8.09. The summed E-state index contributed by atoms with van der Waals surface area (Å²) >= 11 is 0. The van der Waals surface area contributed by atoms with Crippen molar-refractivity contribution in [1.82, 2.24) is 4.90 Å². The summed E-state index contributed by atoms with van der Waals surface area (Å²) in [5.41, 5.74) is 2.23. The first-order valence-electron chi connectivity index (χ1n) is 5.56. The highest BCUT2D eigenvalue weighted by atomic mass is 16.3. The Morgan fingerprint density at radius 1 is 1.40 bits per heavy atom. The normalized spacial score (nSPS) is 13.1. The molecule has 15 heavy (non-hydrogen) atoms. The monoisotopic (exact) mass is 207 g/mol. The number of hydrogen-bond acceptors (Lipinski definition) is 2. The Labute approximate surface area is 92.5 Å². The van der Waals surface area contributed by atoms with Gasteiger partial charge in [0.1, 0.15) is 0 Å². The maximum absolute atomic E-state index is 9.96. The van der Waals surface area contributed by atoms with Crippen LogP contribution in [0.25, 0.3) is 0 Å². The Hall–Kier alpha value is -0.860. The lowest BCUT2D eigenvalue weighted by Crippen LogP contribution is -2.20. The number of nitrogens with zero attached hydrogens (tertiary/aromatic N) is 1. The highest BCUT2D eigenvalue weighted by Gasteiger charge is 2.07. The van der Waals surface area contributed by atoms with E-state index in [4.69, 9.17) is 0 Å². The Kier molecular flexibility index (Phi) is 4.79. The number of aliphatic hydroxyl groups is 1. The highest BCUT2D eigenvalue weighted by Crippen LogP contribution is 2.17. The highest BCUT2D eigenvalue weighted by molar-refractivity contribution is 5.23. The average molecular weight is 207 g/mol. The fourth-order valence-electron chi connectivity index (χ4n) is 1.54. The molecule has 2 nitrogen and oxygen atoms in total. The molecule has 1 atom stereocenters. The molecule has 0 spiro atoms. The Morgan fingerprint density at radius 2 is 2.13 bits per heavy atom. The van der Waals surface area contributed by atoms with Crippen LogP contribution < -0.4 is 0 Å². The zero-order valence-corrected chi connectivity index (χ0v) is 9.90. The van der Waals surface area contributed by atoms with Crippen LogP contribution >= 0.6 is 0 Å². The molecule has 1 unspecified atom stereocenters. The van der Waals surface area contributed by atoms with Crippen LogP contribution in [0, 0.1) is 6.92 Å². The topological polar surface area (TPSA) is 23.5 Å². The molecule has 0 radical (unpaired) electrons. The summed E-state index contributed by atoms with van der Waals surface area (Å²) in [5, 5.41) is 9.96. The first kappa shape index (κ1) is 12.2. The van der Waals surface area contributed by atoms with E-state index in [-0.39, 0.29) is 6.10 Å². The quantitative estimate of drug-likeness (QED) is 0.801. The SMILES string of the molecule is CCN(C)CCC(O)c1cccc(C)c1. The van der Waals surface area contributed by atoms with Crippen molar-refractivity contribution in [3.8, 4) is 0 Å². The van der Waals surface area contributed by atoms with Crippen LogP contribution in [0.5, 0.6) is 0 Å². The summed E-state index contributed by atoms with van der Waals surface area (Å²) < 4.78 is 0. The van der Waals surface area contributed by atoms with Crippen molar-refractivity contribution in [2.75, 3.05) is 20.1 Å². The predicted octanol–water partition coefficient (Wildman–Crippen LogP) is 2.37. The van der Waals surface area contributed by atoms with Crippen LogP contribution in [0.3, 0.4) is 0 Å². The average Bonchev–Trinajstić information content (AvgIpc) is 2.25. The third kappa shape index (κ3) is 4.02. The van der Waals surface area contributed by atoms with Gasteiger partial charge in [0.25, 0.3) is 0 Å². The van der Waals surface area contributed by atoms with Gasteiger partial charge in [0.05, 0.1) is 6.10 Å². The second kappa shape index (κ2) is 5.89. The molecule has 0 saturated heterocycles. The summed E-state index contributed by atoms with van der Waals surface area (Å²) in [4.78, 5) is 2.21. The summed E-state index contributed by atoms with van der Waals surface area (Å²) in [7, 11) is 2.07. The molecule has 0 saturated carbocycles. The standard InChI is InChI=1S/C13H21NO/c1-4-14(3)9-8-13(15)12-7-5-6-11(2)10-12/h5-7,10,13,15H,4,8-9H2,1-3H3. The van der Waals surface area contributed by atoms with Crippen LogP contribution in [-0.4, -0.2) is 30.1 Å². The predicted molar refractivity (Wildman–Crippen MR) is 63.9 cm³/mol. The van der Waals surface area contributed by atoms with E-state index in [9.17, 15) is 5.11 Å². The molecular formula is C13H21NO. The minimum atomic E-state index is -0.334. The minimum absolute atomic E-state index is 0.334. The van der Waals surface area contributed by atoms with E-state index in [1.165, 1.54) is 5.56 Å². The zero-order chi connectivity index (χ0) is 11.3. The Bertz CT molecular complexity index is 298. The first-order valence-corrected chi connectivity index (χ1v) is 5.56. The van der Waals surface area contributed by atoms with E-state index in [1.54, 1.807) is 0 Å². The van der Waals surface area contributed by atoms with Crippen LogP contribution in [0.15, 0.2) is 24.3 Å². The van der Waals surface area contributed by atoms with E-state index in [0.717, 1.165) is 25.1 Å². The second-order valence-electron chi connectivity index (χ2n) is 4.11. The van der Waals surface area contributed by atoms with E-state index in [1.807, 2.05) is 25.1 Å². The van der Waals surface area contributed by atoms with Crippen LogP contribution in [0.1, 0.15) is 30.6 Å². The molecule has 2 heteroatoms. The molecule has 0 aromatic heterocycles. The van der Waals surface area contributed by atoms with Crippen molar-refractivity contribution in [3.63, 3.8) is 0 Å². The molecule has 0 aliphatic carbocycles. The minimum Gasteiger partial charge on any atom is -0.388 e. The zero-order valence-electron chi connectivity index (χ0n) is 9.90. The molecule has 0 heterocycles. The second-order valence-corrected chi connectivity index (χ2v) is 4.11. The van der Waals surface area contributed by atoms with Gasteiger partial charge in [-0.1, -0.05) is 36.8 Å². The first-order chi connectivity index (χ1) is 7.13. The van der Waals surface area contributed by atoms with E-state index in [2.05, 4.69) is 24.9 Å². The van der Waals surface area contributed by atoms with Crippen molar-refractivity contribution in [2.24, 2.45) is 0 Å². The van der Waals surface area contributed by atoms with E-state index >= 15 is 0 Å². The molecule has 0 aliphatic rings. The lowest BCUT2D eigenvalue weighted by molar-refractivity contribution is 0.150. The fraction of sp³-hybridized carbons (Fsp3) is 0.538. The van der Waals surface area contributed by atoms with Crippen molar-refractivity contribution in [2.45, 2.75) is 26.4 Å². The molecule has 1 aromatic carbocycles. The molecule has 0 fully saturated rings. The molecule has 0 bridgehead atoms. The number of rotatable bonds is 5. The van der Waals surface area contributed by atoms with Gasteiger partial charge < -0.3 is 10.0 Å². The van der Waals surface area contributed by atoms with Gasteiger partial charge in [0.15, 0.2) is 0 Å². The van der Waals surface area contributed by atoms with Crippen LogP contribution in [-0.2, 0) is 0 Å². The van der Waals surface area contributed by atoms with Gasteiger partial charge in [0.2, 0.25) is 0 Å². The number of hydrogen-bond donors (Lipinski definition) is 1. The van der Waals surface area contributed by atoms with Crippen molar-refractivity contribution in [3.05, 3.63) is 35.4 Å². The third-order valence-electron chi connectivity index (χ3n) is 2.75. The molecule has 84 valence electrons. The lowest BCUT2D eigenvalue weighted by Gasteiger charge is -2.17. The van der Waals surface area contributed by atoms with Gasteiger partial charge in [0, 0.05) is 6.54 Å². The van der Waals surface area contributed by atoms with Gasteiger partial charge in [-0.15, -0.1) is 0 Å². The third-order valence-corrected chi connectivity index (χ3v) is 2.75. The van der Waals surface area contributed by atoms with Gasteiger partial charge in [-0.05, 0) is 32.5 Å². The summed E-state index contributed by atoms with van der Waals surface area (Å²) in [5.74, 6) is 0. The molecule has 0 amide bonds.